The highest BCUT2D eigenvalue weighted by Crippen LogP contribution is 2.26. The standard InChI is InChI=1S/C17H21BrN4O/c1-12-5-3-4-6-14(12)11-21-7-8-22(13(2)10-21)15-9-19-20-17(23)16(15)18/h3-6,9,13H,7-8,10-11H2,1-2H3,(H,20,23)/t13-/m1/s1. The largest absolute Gasteiger partial charge is 0.364 e. The third kappa shape index (κ3) is 3.48. The van der Waals surface area contributed by atoms with Crippen molar-refractivity contribution in [2.24, 2.45) is 0 Å². The Kier molecular flexibility index (Phi) is 4.82. The number of piperazine rings is 1. The van der Waals surface area contributed by atoms with Crippen LogP contribution in [0.25, 0.3) is 0 Å². The third-order valence-electron chi connectivity index (χ3n) is 4.45. The summed E-state index contributed by atoms with van der Waals surface area (Å²) in [5.41, 5.74) is 3.41. The fourth-order valence-corrected chi connectivity index (χ4v) is 3.56. The first kappa shape index (κ1) is 16.2. The lowest BCUT2D eigenvalue weighted by molar-refractivity contribution is 0.220. The van der Waals surface area contributed by atoms with Gasteiger partial charge in [0, 0.05) is 32.2 Å². The van der Waals surface area contributed by atoms with Gasteiger partial charge in [0.15, 0.2) is 0 Å². The minimum absolute atomic E-state index is 0.183. The van der Waals surface area contributed by atoms with Crippen molar-refractivity contribution >= 4 is 21.6 Å². The van der Waals surface area contributed by atoms with Crippen molar-refractivity contribution in [1.82, 2.24) is 15.1 Å². The van der Waals surface area contributed by atoms with Crippen molar-refractivity contribution in [3.63, 3.8) is 0 Å². The number of aryl methyl sites for hydroxylation is 1. The van der Waals surface area contributed by atoms with Crippen LogP contribution in [0.1, 0.15) is 18.1 Å². The zero-order chi connectivity index (χ0) is 16.4. The molecule has 1 aliphatic rings. The topological polar surface area (TPSA) is 52.2 Å². The van der Waals surface area contributed by atoms with Crippen molar-refractivity contribution in [3.05, 3.63) is 56.4 Å². The molecule has 2 aromatic rings. The molecule has 0 bridgehead atoms. The van der Waals surface area contributed by atoms with Gasteiger partial charge in [-0.15, -0.1) is 0 Å². The third-order valence-corrected chi connectivity index (χ3v) is 5.22. The Balaban J connectivity index is 1.71. The van der Waals surface area contributed by atoms with Gasteiger partial charge >= 0.3 is 0 Å². The fraction of sp³-hybridized carbons (Fsp3) is 0.412. The van der Waals surface area contributed by atoms with Gasteiger partial charge in [-0.2, -0.15) is 5.10 Å². The van der Waals surface area contributed by atoms with Gasteiger partial charge in [-0.25, -0.2) is 5.10 Å². The lowest BCUT2D eigenvalue weighted by Gasteiger charge is -2.41. The van der Waals surface area contributed by atoms with Crippen LogP contribution in [0.2, 0.25) is 0 Å². The number of aromatic nitrogens is 2. The van der Waals surface area contributed by atoms with Crippen LogP contribution in [-0.2, 0) is 6.54 Å². The highest BCUT2D eigenvalue weighted by Gasteiger charge is 2.26. The van der Waals surface area contributed by atoms with Crippen molar-refractivity contribution < 1.29 is 0 Å². The van der Waals surface area contributed by atoms with Gasteiger partial charge < -0.3 is 4.90 Å². The van der Waals surface area contributed by atoms with Crippen LogP contribution >= 0.6 is 15.9 Å². The molecule has 5 nitrogen and oxygen atoms in total. The van der Waals surface area contributed by atoms with Crippen molar-refractivity contribution in [1.29, 1.82) is 0 Å². The average molecular weight is 377 g/mol. The monoisotopic (exact) mass is 376 g/mol. The Morgan fingerprint density at radius 3 is 2.87 bits per heavy atom. The van der Waals surface area contributed by atoms with Gasteiger partial charge in [-0.05, 0) is 40.9 Å². The molecule has 1 N–H and O–H groups in total. The van der Waals surface area contributed by atoms with Crippen molar-refractivity contribution in [3.8, 4) is 0 Å². The molecular weight excluding hydrogens is 356 g/mol. The van der Waals surface area contributed by atoms with Crippen LogP contribution in [-0.4, -0.2) is 40.8 Å². The van der Waals surface area contributed by atoms with Crippen molar-refractivity contribution in [2.45, 2.75) is 26.4 Å². The number of rotatable bonds is 3. The molecule has 0 unspecified atom stereocenters. The van der Waals surface area contributed by atoms with E-state index in [2.05, 4.69) is 74.0 Å². The number of benzene rings is 1. The van der Waals surface area contributed by atoms with Crippen molar-refractivity contribution in [2.75, 3.05) is 24.5 Å². The molecule has 1 fully saturated rings. The number of nitrogens with one attached hydrogen (secondary N) is 1. The molecule has 2 heterocycles. The Morgan fingerprint density at radius 1 is 1.35 bits per heavy atom. The number of hydrogen-bond donors (Lipinski definition) is 1. The Morgan fingerprint density at radius 2 is 2.13 bits per heavy atom. The maximum atomic E-state index is 11.7. The maximum Gasteiger partial charge on any atom is 0.280 e. The maximum absolute atomic E-state index is 11.7. The van der Waals surface area contributed by atoms with E-state index in [4.69, 9.17) is 0 Å². The number of nitrogens with zero attached hydrogens (tertiary/aromatic N) is 3. The molecule has 6 heteroatoms. The van der Waals surface area contributed by atoms with Gasteiger partial charge in [-0.1, -0.05) is 24.3 Å². The van der Waals surface area contributed by atoms with E-state index < -0.39 is 0 Å². The second kappa shape index (κ2) is 6.84. The Hall–Kier alpha value is -1.66. The highest BCUT2D eigenvalue weighted by atomic mass is 79.9. The first-order valence-corrected chi connectivity index (χ1v) is 8.62. The average Bonchev–Trinajstić information content (AvgIpc) is 2.53. The second-order valence-electron chi connectivity index (χ2n) is 6.10. The summed E-state index contributed by atoms with van der Waals surface area (Å²) in [4.78, 5) is 16.5. The molecule has 0 spiro atoms. The molecule has 23 heavy (non-hydrogen) atoms. The smallest absolute Gasteiger partial charge is 0.280 e. The van der Waals surface area contributed by atoms with E-state index >= 15 is 0 Å². The summed E-state index contributed by atoms with van der Waals surface area (Å²) in [5, 5.41) is 6.38. The van der Waals surface area contributed by atoms with Crippen LogP contribution in [0.4, 0.5) is 5.69 Å². The summed E-state index contributed by atoms with van der Waals surface area (Å²) in [6, 6.07) is 8.86. The number of anilines is 1. The number of halogens is 1. The Labute approximate surface area is 144 Å². The Bertz CT molecular complexity index is 745. The molecular formula is C17H21BrN4O. The zero-order valence-corrected chi connectivity index (χ0v) is 15.0. The van der Waals surface area contributed by atoms with E-state index in [1.807, 2.05) is 0 Å². The molecule has 1 atom stereocenters. The zero-order valence-electron chi connectivity index (χ0n) is 13.4. The second-order valence-corrected chi connectivity index (χ2v) is 6.90. The molecule has 1 aliphatic heterocycles. The molecule has 122 valence electrons. The summed E-state index contributed by atoms with van der Waals surface area (Å²) in [7, 11) is 0. The predicted octanol–water partition coefficient (Wildman–Crippen LogP) is 2.55. The lowest BCUT2D eigenvalue weighted by atomic mass is 10.1. The van der Waals surface area contributed by atoms with Crippen LogP contribution in [0.5, 0.6) is 0 Å². The normalized spacial score (nSPS) is 19.1. The van der Waals surface area contributed by atoms with E-state index in [0.717, 1.165) is 31.9 Å². The van der Waals surface area contributed by atoms with Crippen LogP contribution in [0, 0.1) is 6.92 Å². The molecule has 0 amide bonds. The summed E-state index contributed by atoms with van der Waals surface area (Å²) < 4.78 is 0.562. The van der Waals surface area contributed by atoms with Gasteiger partial charge in [0.05, 0.1) is 11.9 Å². The SMILES string of the molecule is Cc1ccccc1CN1CCN(c2cn[nH]c(=O)c2Br)[C@H](C)C1. The van der Waals surface area contributed by atoms with E-state index in [1.165, 1.54) is 11.1 Å². The van der Waals surface area contributed by atoms with E-state index in [9.17, 15) is 4.79 Å². The van der Waals surface area contributed by atoms with Gasteiger partial charge in [0.25, 0.3) is 5.56 Å². The minimum Gasteiger partial charge on any atom is -0.364 e. The molecule has 1 saturated heterocycles. The lowest BCUT2D eigenvalue weighted by Crippen LogP contribution is -2.52. The van der Waals surface area contributed by atoms with E-state index in [-0.39, 0.29) is 5.56 Å². The molecule has 3 rings (SSSR count). The summed E-state index contributed by atoms with van der Waals surface area (Å²) >= 11 is 3.38. The van der Waals surface area contributed by atoms with Crippen LogP contribution in [0.15, 0.2) is 39.7 Å². The first-order valence-electron chi connectivity index (χ1n) is 7.83. The van der Waals surface area contributed by atoms with Gasteiger partial charge in [0.2, 0.25) is 0 Å². The van der Waals surface area contributed by atoms with Gasteiger partial charge in [-0.3, -0.25) is 9.69 Å². The molecule has 1 aromatic carbocycles. The predicted molar refractivity (Wildman–Crippen MR) is 95.8 cm³/mol. The van der Waals surface area contributed by atoms with E-state index in [0.29, 0.717) is 10.5 Å². The number of hydrogen-bond acceptors (Lipinski definition) is 4. The fourth-order valence-electron chi connectivity index (χ4n) is 3.14. The van der Waals surface area contributed by atoms with Crippen LogP contribution in [0.3, 0.4) is 0 Å². The molecule has 0 saturated carbocycles. The van der Waals surface area contributed by atoms with Gasteiger partial charge in [0.1, 0.15) is 4.47 Å². The first-order chi connectivity index (χ1) is 11.1. The molecule has 0 aliphatic carbocycles. The van der Waals surface area contributed by atoms with E-state index in [1.54, 1.807) is 6.20 Å². The highest BCUT2D eigenvalue weighted by molar-refractivity contribution is 9.10. The molecule has 1 aromatic heterocycles. The summed E-state index contributed by atoms with van der Waals surface area (Å²) in [6.07, 6.45) is 1.72. The summed E-state index contributed by atoms with van der Waals surface area (Å²) in [5.74, 6) is 0. The molecule has 0 radical (unpaired) electrons. The minimum atomic E-state index is -0.183. The number of H-pyrrole nitrogens is 1. The quantitative estimate of drug-likeness (QED) is 0.894. The summed E-state index contributed by atoms with van der Waals surface area (Å²) in [6.45, 7) is 8.15. The number of aromatic amines is 1. The van der Waals surface area contributed by atoms with Crippen LogP contribution < -0.4 is 10.5 Å².